The van der Waals surface area contributed by atoms with Crippen LogP contribution >= 0.6 is 0 Å². The molecule has 0 spiro atoms. The molecule has 0 nitrogen and oxygen atoms in total. The maximum absolute atomic E-state index is 2.44. The first-order chi connectivity index (χ1) is 5.44. The summed E-state index contributed by atoms with van der Waals surface area (Å²) in [6.07, 6.45) is 4.34. The monoisotopic (exact) mass is 168 g/mol. The van der Waals surface area contributed by atoms with Gasteiger partial charge in [0.1, 0.15) is 0 Å². The summed E-state index contributed by atoms with van der Waals surface area (Å²) in [6, 6.07) is 0. The van der Waals surface area contributed by atoms with Crippen molar-refractivity contribution < 1.29 is 0 Å². The fourth-order valence-electron chi connectivity index (χ4n) is 2.30. The second-order valence-corrected chi connectivity index (χ2v) is 5.63. The van der Waals surface area contributed by atoms with Gasteiger partial charge in [0.2, 0.25) is 0 Å². The van der Waals surface area contributed by atoms with E-state index in [0.717, 1.165) is 17.8 Å². The second-order valence-electron chi connectivity index (χ2n) is 5.63. The van der Waals surface area contributed by atoms with Crippen molar-refractivity contribution in [3.8, 4) is 0 Å². The van der Waals surface area contributed by atoms with Gasteiger partial charge in [-0.1, -0.05) is 41.0 Å². The summed E-state index contributed by atoms with van der Waals surface area (Å²) in [5.41, 5.74) is 0.634. The fraction of sp³-hybridized carbons (Fsp3) is 1.00. The van der Waals surface area contributed by atoms with Crippen LogP contribution in [-0.4, -0.2) is 0 Å². The first kappa shape index (κ1) is 10.1. The molecule has 0 aromatic carbocycles. The molecule has 12 heavy (non-hydrogen) atoms. The van der Waals surface area contributed by atoms with Crippen LogP contribution in [0.3, 0.4) is 0 Å². The van der Waals surface area contributed by atoms with Crippen molar-refractivity contribution in [1.29, 1.82) is 0 Å². The Bertz CT molecular complexity index is 144. The molecule has 1 aliphatic rings. The van der Waals surface area contributed by atoms with Crippen molar-refractivity contribution in [3.05, 3.63) is 0 Å². The molecule has 0 radical (unpaired) electrons. The minimum Gasteiger partial charge on any atom is -0.0628 e. The van der Waals surface area contributed by atoms with Crippen LogP contribution in [0.2, 0.25) is 0 Å². The number of hydrogen-bond donors (Lipinski definition) is 0. The molecule has 0 aromatic heterocycles. The van der Waals surface area contributed by atoms with Gasteiger partial charge in [-0.05, 0) is 36.0 Å². The van der Waals surface area contributed by atoms with Crippen LogP contribution in [0.25, 0.3) is 0 Å². The quantitative estimate of drug-likeness (QED) is 0.595. The first-order valence-electron chi connectivity index (χ1n) is 5.44. The van der Waals surface area contributed by atoms with E-state index in [9.17, 15) is 0 Å². The lowest BCUT2D eigenvalue weighted by molar-refractivity contribution is -0.0159. The zero-order valence-corrected chi connectivity index (χ0v) is 9.35. The summed E-state index contributed by atoms with van der Waals surface area (Å²) in [7, 11) is 0. The Balaban J connectivity index is 2.28. The van der Waals surface area contributed by atoms with Crippen molar-refractivity contribution in [2.75, 3.05) is 0 Å². The predicted molar refractivity (Wildman–Crippen MR) is 55.1 cm³/mol. The Morgan fingerprint density at radius 1 is 1.33 bits per heavy atom. The molecule has 1 rings (SSSR count). The van der Waals surface area contributed by atoms with Gasteiger partial charge in [0.25, 0.3) is 0 Å². The van der Waals surface area contributed by atoms with Crippen LogP contribution < -0.4 is 0 Å². The molecule has 0 aromatic rings. The highest BCUT2D eigenvalue weighted by Gasteiger charge is 2.44. The fourth-order valence-corrected chi connectivity index (χ4v) is 2.30. The van der Waals surface area contributed by atoms with Crippen molar-refractivity contribution in [2.24, 2.45) is 23.2 Å². The molecular formula is C12H24. The van der Waals surface area contributed by atoms with E-state index >= 15 is 0 Å². The summed E-state index contributed by atoms with van der Waals surface area (Å²) in [5.74, 6) is 2.85. The summed E-state index contributed by atoms with van der Waals surface area (Å²) < 4.78 is 0. The Morgan fingerprint density at radius 3 is 2.25 bits per heavy atom. The third-order valence-corrected chi connectivity index (χ3v) is 4.05. The molecule has 0 bridgehead atoms. The molecular weight excluding hydrogens is 144 g/mol. The van der Waals surface area contributed by atoms with Gasteiger partial charge in [0.15, 0.2) is 0 Å². The maximum atomic E-state index is 2.44. The van der Waals surface area contributed by atoms with Gasteiger partial charge in [0, 0.05) is 0 Å². The summed E-state index contributed by atoms with van der Waals surface area (Å²) in [4.78, 5) is 0. The van der Waals surface area contributed by atoms with Gasteiger partial charge < -0.3 is 0 Å². The number of hydrogen-bond acceptors (Lipinski definition) is 0. The van der Waals surface area contributed by atoms with Gasteiger partial charge in [-0.3, -0.25) is 0 Å². The maximum Gasteiger partial charge on any atom is -0.0300 e. The predicted octanol–water partition coefficient (Wildman–Crippen LogP) is 4.10. The molecule has 0 N–H and O–H groups in total. The molecule has 72 valence electrons. The lowest BCUT2D eigenvalue weighted by Crippen LogP contribution is -2.43. The smallest absolute Gasteiger partial charge is 0.0300 e. The molecule has 0 aliphatic heterocycles. The van der Waals surface area contributed by atoms with Gasteiger partial charge in [-0.2, -0.15) is 0 Å². The molecule has 0 saturated heterocycles. The molecule has 0 heterocycles. The summed E-state index contributed by atoms with van der Waals surface area (Å²) in [5, 5.41) is 0. The van der Waals surface area contributed by atoms with E-state index in [1.54, 1.807) is 0 Å². The highest BCUT2D eigenvalue weighted by molar-refractivity contribution is 4.93. The van der Waals surface area contributed by atoms with E-state index in [2.05, 4.69) is 34.6 Å². The van der Waals surface area contributed by atoms with Crippen molar-refractivity contribution >= 4 is 0 Å². The third-order valence-electron chi connectivity index (χ3n) is 4.05. The third kappa shape index (κ3) is 1.84. The van der Waals surface area contributed by atoms with E-state index < -0.39 is 0 Å². The van der Waals surface area contributed by atoms with Gasteiger partial charge >= 0.3 is 0 Å². The zero-order chi connectivity index (χ0) is 9.35. The van der Waals surface area contributed by atoms with Gasteiger partial charge in [0.05, 0.1) is 0 Å². The van der Waals surface area contributed by atoms with Crippen LogP contribution in [0.4, 0.5) is 0 Å². The molecule has 0 heteroatoms. The van der Waals surface area contributed by atoms with Crippen molar-refractivity contribution in [2.45, 2.75) is 53.9 Å². The lowest BCUT2D eigenvalue weighted by atomic mass is 9.54. The Morgan fingerprint density at radius 2 is 1.92 bits per heavy atom. The minimum absolute atomic E-state index is 0.634. The largest absolute Gasteiger partial charge is 0.0628 e. The molecule has 2 unspecified atom stereocenters. The summed E-state index contributed by atoms with van der Waals surface area (Å²) >= 11 is 0. The average molecular weight is 168 g/mol. The highest BCUT2D eigenvalue weighted by atomic mass is 14.5. The molecule has 0 amide bonds. The van der Waals surface area contributed by atoms with Gasteiger partial charge in [-0.15, -0.1) is 0 Å². The zero-order valence-electron chi connectivity index (χ0n) is 9.35. The van der Waals surface area contributed by atoms with Crippen LogP contribution in [0.15, 0.2) is 0 Å². The summed E-state index contributed by atoms with van der Waals surface area (Å²) in [6.45, 7) is 11.9. The van der Waals surface area contributed by atoms with Crippen molar-refractivity contribution in [1.82, 2.24) is 0 Å². The van der Waals surface area contributed by atoms with E-state index in [1.807, 2.05) is 0 Å². The van der Waals surface area contributed by atoms with E-state index in [4.69, 9.17) is 0 Å². The van der Waals surface area contributed by atoms with Gasteiger partial charge in [-0.25, -0.2) is 0 Å². The normalized spacial score (nSPS) is 33.5. The average Bonchev–Trinajstić information content (AvgIpc) is 1.97. The Labute approximate surface area is 77.7 Å². The van der Waals surface area contributed by atoms with Crippen LogP contribution in [-0.2, 0) is 0 Å². The second kappa shape index (κ2) is 3.40. The van der Waals surface area contributed by atoms with E-state index in [-0.39, 0.29) is 0 Å². The van der Waals surface area contributed by atoms with E-state index in [0.29, 0.717) is 5.41 Å². The molecule has 1 saturated carbocycles. The van der Waals surface area contributed by atoms with Crippen LogP contribution in [0, 0.1) is 23.2 Å². The molecule has 2 atom stereocenters. The standard InChI is InChI=1S/C12H24/c1-9(2)6-7-11-8-10(3)12(11,4)5/h9-11H,6-8H2,1-5H3. The Hall–Kier alpha value is 0. The van der Waals surface area contributed by atoms with Crippen LogP contribution in [0.1, 0.15) is 53.9 Å². The van der Waals surface area contributed by atoms with Crippen molar-refractivity contribution in [3.63, 3.8) is 0 Å². The topological polar surface area (TPSA) is 0 Å². The SMILES string of the molecule is CC(C)CCC1CC(C)C1(C)C. The highest BCUT2D eigenvalue weighted by Crippen LogP contribution is 2.53. The lowest BCUT2D eigenvalue weighted by Gasteiger charge is -2.51. The minimum atomic E-state index is 0.634. The molecule has 1 aliphatic carbocycles. The first-order valence-corrected chi connectivity index (χ1v) is 5.44. The molecule has 1 fully saturated rings. The van der Waals surface area contributed by atoms with E-state index in [1.165, 1.54) is 19.3 Å². The van der Waals surface area contributed by atoms with Crippen LogP contribution in [0.5, 0.6) is 0 Å². The number of rotatable bonds is 3. The Kier molecular flexibility index (Phi) is 2.85.